The topological polar surface area (TPSA) is 50.4 Å². The first kappa shape index (κ1) is 12.9. The molecule has 1 atom stereocenters. The summed E-state index contributed by atoms with van der Waals surface area (Å²) in [6.07, 6.45) is 1.88. The molecule has 0 bridgehead atoms. The minimum absolute atomic E-state index is 0.325. The number of carboxylic acid groups (broad SMARTS) is 1. The average molecular weight is 309 g/mol. The maximum absolute atomic E-state index is 11.6. The van der Waals surface area contributed by atoms with E-state index in [1.807, 2.05) is 24.3 Å². The smallest absolute Gasteiger partial charge is 0.314 e. The van der Waals surface area contributed by atoms with Crippen LogP contribution in [0.25, 0.3) is 0 Å². The molecule has 0 aliphatic rings. The number of benzene rings is 1. The average Bonchev–Trinajstić information content (AvgIpc) is 2.81. The Morgan fingerprint density at radius 3 is 2.72 bits per heavy atom. The number of hydrogen-bond donors (Lipinski definition) is 1. The molecule has 1 unspecified atom stereocenters. The van der Waals surface area contributed by atoms with Crippen LogP contribution in [-0.4, -0.2) is 11.1 Å². The molecule has 0 radical (unpaired) electrons. The van der Waals surface area contributed by atoms with Gasteiger partial charge in [-0.25, -0.2) is 0 Å². The Morgan fingerprint density at radius 1 is 1.39 bits per heavy atom. The van der Waals surface area contributed by atoms with Gasteiger partial charge in [0.1, 0.15) is 5.76 Å². The van der Waals surface area contributed by atoms with Crippen LogP contribution in [0.5, 0.6) is 0 Å². The number of furan rings is 1. The molecule has 0 aliphatic heterocycles. The molecule has 2 aromatic rings. The first-order valence-corrected chi connectivity index (χ1v) is 6.33. The Kier molecular flexibility index (Phi) is 3.57. The molecule has 3 nitrogen and oxygen atoms in total. The molecular weight excluding hydrogens is 296 g/mol. The molecule has 18 heavy (non-hydrogen) atoms. The van der Waals surface area contributed by atoms with Gasteiger partial charge < -0.3 is 9.52 Å². The fraction of sp³-hybridized carbons (Fsp3) is 0.214. The lowest BCUT2D eigenvalue weighted by atomic mass is 9.79. The van der Waals surface area contributed by atoms with Crippen molar-refractivity contribution in [3.63, 3.8) is 0 Å². The van der Waals surface area contributed by atoms with Gasteiger partial charge in [-0.3, -0.25) is 4.79 Å². The molecule has 0 amide bonds. The van der Waals surface area contributed by atoms with Crippen LogP contribution in [0, 0.1) is 0 Å². The summed E-state index contributed by atoms with van der Waals surface area (Å²) in [6.45, 7) is 1.71. The quantitative estimate of drug-likeness (QED) is 0.938. The van der Waals surface area contributed by atoms with Gasteiger partial charge in [0.15, 0.2) is 0 Å². The van der Waals surface area contributed by atoms with Crippen molar-refractivity contribution >= 4 is 21.9 Å². The van der Waals surface area contributed by atoms with E-state index in [1.165, 1.54) is 0 Å². The Labute approximate surface area is 114 Å². The molecular formula is C14H13BrO3. The summed E-state index contributed by atoms with van der Waals surface area (Å²) in [7, 11) is 0. The second-order valence-corrected chi connectivity index (χ2v) is 5.32. The van der Waals surface area contributed by atoms with Gasteiger partial charge in [0.05, 0.1) is 11.7 Å². The predicted molar refractivity (Wildman–Crippen MR) is 71.5 cm³/mol. The maximum Gasteiger partial charge on any atom is 0.314 e. The lowest BCUT2D eigenvalue weighted by Crippen LogP contribution is -2.34. The Balaban J connectivity index is 2.41. The highest BCUT2D eigenvalue weighted by molar-refractivity contribution is 9.10. The van der Waals surface area contributed by atoms with E-state index < -0.39 is 11.4 Å². The fourth-order valence-electron chi connectivity index (χ4n) is 1.89. The second-order valence-electron chi connectivity index (χ2n) is 4.40. The summed E-state index contributed by atoms with van der Waals surface area (Å²) in [5, 5.41) is 9.52. The standard InChI is InChI=1S/C14H13BrO3/c1-14(13(16)17,9-12-6-3-7-18-12)10-4-2-5-11(15)8-10/h2-8H,9H2,1H3,(H,16,17). The number of rotatable bonds is 4. The van der Waals surface area contributed by atoms with Crippen molar-refractivity contribution in [2.45, 2.75) is 18.8 Å². The van der Waals surface area contributed by atoms with Crippen molar-refractivity contribution in [3.8, 4) is 0 Å². The molecule has 1 aromatic heterocycles. The van der Waals surface area contributed by atoms with Crippen molar-refractivity contribution in [3.05, 3.63) is 58.5 Å². The molecule has 1 heterocycles. The van der Waals surface area contributed by atoms with Gasteiger partial charge in [0.2, 0.25) is 0 Å². The maximum atomic E-state index is 11.6. The van der Waals surface area contributed by atoms with E-state index in [4.69, 9.17) is 4.42 Å². The molecule has 2 rings (SSSR count). The molecule has 0 fully saturated rings. The van der Waals surface area contributed by atoms with Crippen LogP contribution < -0.4 is 0 Å². The third kappa shape index (κ3) is 2.48. The number of hydrogen-bond acceptors (Lipinski definition) is 2. The van der Waals surface area contributed by atoms with Crippen LogP contribution in [0.1, 0.15) is 18.2 Å². The summed E-state index contributed by atoms with van der Waals surface area (Å²) in [5.41, 5.74) is -0.248. The fourth-order valence-corrected chi connectivity index (χ4v) is 2.29. The van der Waals surface area contributed by atoms with Crippen molar-refractivity contribution in [1.29, 1.82) is 0 Å². The van der Waals surface area contributed by atoms with Crippen molar-refractivity contribution < 1.29 is 14.3 Å². The second kappa shape index (κ2) is 4.98. The van der Waals surface area contributed by atoms with E-state index in [1.54, 1.807) is 25.3 Å². The van der Waals surface area contributed by atoms with Crippen molar-refractivity contribution in [2.24, 2.45) is 0 Å². The van der Waals surface area contributed by atoms with Crippen LogP contribution in [0.2, 0.25) is 0 Å². The molecule has 94 valence electrons. The zero-order valence-electron chi connectivity index (χ0n) is 9.89. The van der Waals surface area contributed by atoms with Gasteiger partial charge in [-0.15, -0.1) is 0 Å². The Bertz CT molecular complexity index is 548. The minimum atomic E-state index is -0.998. The Morgan fingerprint density at radius 2 is 2.17 bits per heavy atom. The number of carboxylic acids is 1. The van der Waals surface area contributed by atoms with Crippen LogP contribution in [0.15, 0.2) is 51.6 Å². The van der Waals surface area contributed by atoms with E-state index in [9.17, 15) is 9.90 Å². The van der Waals surface area contributed by atoms with Crippen molar-refractivity contribution in [2.75, 3.05) is 0 Å². The Hall–Kier alpha value is -1.55. The number of aliphatic carboxylic acids is 1. The van der Waals surface area contributed by atoms with Gasteiger partial charge in [-0.2, -0.15) is 0 Å². The zero-order chi connectivity index (χ0) is 13.2. The van der Waals surface area contributed by atoms with Crippen molar-refractivity contribution in [1.82, 2.24) is 0 Å². The van der Waals surface area contributed by atoms with E-state index >= 15 is 0 Å². The zero-order valence-corrected chi connectivity index (χ0v) is 11.5. The molecule has 0 saturated heterocycles. The summed E-state index contributed by atoms with van der Waals surface area (Å²) < 4.78 is 6.12. The summed E-state index contributed by atoms with van der Waals surface area (Å²) in [4.78, 5) is 11.6. The van der Waals surface area contributed by atoms with Gasteiger partial charge in [0.25, 0.3) is 0 Å². The lowest BCUT2D eigenvalue weighted by molar-refractivity contribution is -0.143. The van der Waals surface area contributed by atoms with Crippen LogP contribution in [-0.2, 0) is 16.6 Å². The monoisotopic (exact) mass is 308 g/mol. The van der Waals surface area contributed by atoms with Crippen LogP contribution in [0.4, 0.5) is 0 Å². The number of halogens is 1. The first-order chi connectivity index (χ1) is 8.52. The highest BCUT2D eigenvalue weighted by atomic mass is 79.9. The van der Waals surface area contributed by atoms with Gasteiger partial charge in [-0.1, -0.05) is 28.1 Å². The molecule has 0 saturated carbocycles. The van der Waals surface area contributed by atoms with Gasteiger partial charge >= 0.3 is 5.97 Å². The highest BCUT2D eigenvalue weighted by Crippen LogP contribution is 2.30. The molecule has 1 N–H and O–H groups in total. The summed E-state index contributed by atoms with van der Waals surface area (Å²) in [5.74, 6) is -0.197. The molecule has 0 spiro atoms. The van der Waals surface area contributed by atoms with Gasteiger partial charge in [-0.05, 0) is 36.8 Å². The molecule has 1 aromatic carbocycles. The predicted octanol–water partition coefficient (Wildman–Crippen LogP) is 3.63. The summed E-state index contributed by atoms with van der Waals surface area (Å²) in [6, 6.07) is 10.9. The van der Waals surface area contributed by atoms with E-state index in [0.717, 1.165) is 10.0 Å². The van der Waals surface area contributed by atoms with E-state index in [2.05, 4.69) is 15.9 Å². The molecule has 4 heteroatoms. The van der Waals surface area contributed by atoms with Gasteiger partial charge in [0, 0.05) is 10.9 Å². The SMILES string of the molecule is CC(Cc1ccco1)(C(=O)O)c1cccc(Br)c1. The third-order valence-corrected chi connectivity index (χ3v) is 3.53. The van der Waals surface area contributed by atoms with Crippen LogP contribution in [0.3, 0.4) is 0 Å². The molecule has 0 aliphatic carbocycles. The lowest BCUT2D eigenvalue weighted by Gasteiger charge is -2.24. The number of carbonyl (C=O) groups is 1. The normalized spacial score (nSPS) is 14.1. The largest absolute Gasteiger partial charge is 0.481 e. The van der Waals surface area contributed by atoms with E-state index in [0.29, 0.717) is 12.2 Å². The third-order valence-electron chi connectivity index (χ3n) is 3.04. The first-order valence-electron chi connectivity index (χ1n) is 5.54. The van der Waals surface area contributed by atoms with E-state index in [-0.39, 0.29) is 0 Å². The van der Waals surface area contributed by atoms with Crippen LogP contribution >= 0.6 is 15.9 Å². The highest BCUT2D eigenvalue weighted by Gasteiger charge is 2.36. The summed E-state index contributed by atoms with van der Waals surface area (Å²) >= 11 is 3.37. The minimum Gasteiger partial charge on any atom is -0.481 e.